The number of aromatic nitrogens is 3. The molecule has 0 atom stereocenters. The van der Waals surface area contributed by atoms with Crippen LogP contribution >= 0.6 is 12.2 Å². The lowest BCUT2D eigenvalue weighted by molar-refractivity contribution is -0.122. The Bertz CT molecular complexity index is 863. The first-order chi connectivity index (χ1) is 12.7. The van der Waals surface area contributed by atoms with Crippen LogP contribution in [0.1, 0.15) is 36.3 Å². The van der Waals surface area contributed by atoms with E-state index >= 15 is 0 Å². The molecule has 1 amide bonds. The smallest absolute Gasteiger partial charge is 0.240 e. The first-order valence-electron chi connectivity index (χ1n) is 8.72. The Morgan fingerprint density at radius 3 is 2.23 bits per heavy atom. The molecule has 2 N–H and O–H groups in total. The van der Waals surface area contributed by atoms with Crippen LogP contribution < -0.4 is 5.32 Å². The summed E-state index contributed by atoms with van der Waals surface area (Å²) in [5, 5.41) is 10.1. The predicted molar refractivity (Wildman–Crippen MR) is 104 cm³/mol. The normalized spacial score (nSPS) is 10.8. The molecule has 1 aromatic heterocycles. The van der Waals surface area contributed by atoms with Gasteiger partial charge in [0.2, 0.25) is 5.91 Å². The maximum absolute atomic E-state index is 12.8. The Hall–Kier alpha value is -2.73. The molecule has 0 saturated carbocycles. The maximum atomic E-state index is 12.8. The second-order valence-electron chi connectivity index (χ2n) is 6.10. The van der Waals surface area contributed by atoms with Crippen molar-refractivity contribution in [1.29, 1.82) is 0 Å². The van der Waals surface area contributed by atoms with E-state index in [9.17, 15) is 4.79 Å². The fourth-order valence-corrected chi connectivity index (χ4v) is 3.14. The summed E-state index contributed by atoms with van der Waals surface area (Å²) in [6.45, 7) is 2.23. The number of amides is 1. The van der Waals surface area contributed by atoms with Gasteiger partial charge in [-0.1, -0.05) is 67.6 Å². The van der Waals surface area contributed by atoms with Crippen LogP contribution in [0.3, 0.4) is 0 Å². The van der Waals surface area contributed by atoms with Gasteiger partial charge in [0.25, 0.3) is 0 Å². The van der Waals surface area contributed by atoms with E-state index in [1.54, 1.807) is 4.57 Å². The fraction of sp³-hybridized carbons (Fsp3) is 0.250. The van der Waals surface area contributed by atoms with Crippen LogP contribution in [-0.4, -0.2) is 20.7 Å². The highest BCUT2D eigenvalue weighted by Crippen LogP contribution is 2.21. The van der Waals surface area contributed by atoms with Crippen molar-refractivity contribution in [2.45, 2.75) is 32.4 Å². The molecule has 0 aliphatic rings. The number of hydrogen-bond acceptors (Lipinski definition) is 3. The number of H-pyrrole nitrogens is 1. The highest BCUT2D eigenvalue weighted by molar-refractivity contribution is 7.71. The van der Waals surface area contributed by atoms with Crippen LogP contribution in [-0.2, 0) is 17.8 Å². The van der Waals surface area contributed by atoms with Gasteiger partial charge in [0.15, 0.2) is 4.77 Å². The van der Waals surface area contributed by atoms with Crippen molar-refractivity contribution in [2.75, 3.05) is 0 Å². The van der Waals surface area contributed by atoms with Crippen molar-refractivity contribution < 1.29 is 4.79 Å². The van der Waals surface area contributed by atoms with Crippen LogP contribution in [0, 0.1) is 4.77 Å². The van der Waals surface area contributed by atoms with Crippen molar-refractivity contribution in [3.05, 3.63) is 82.4 Å². The molecule has 0 fully saturated rings. The molecule has 1 heterocycles. The Morgan fingerprint density at radius 2 is 1.69 bits per heavy atom. The molecular weight excluding hydrogens is 344 g/mol. The number of carbonyl (C=O) groups is 1. The van der Waals surface area contributed by atoms with E-state index in [-0.39, 0.29) is 18.5 Å². The van der Waals surface area contributed by atoms with Gasteiger partial charge in [-0.05, 0) is 29.8 Å². The highest BCUT2D eigenvalue weighted by atomic mass is 32.1. The third-order valence-electron chi connectivity index (χ3n) is 4.18. The van der Waals surface area contributed by atoms with E-state index in [0.29, 0.717) is 4.77 Å². The third-order valence-corrected chi connectivity index (χ3v) is 4.50. The number of benzene rings is 2. The molecule has 3 aromatic rings. The van der Waals surface area contributed by atoms with Crippen LogP contribution in [0.4, 0.5) is 0 Å². The SMILES string of the molecule is CCCc1n[nH]c(=S)n1CC(=O)NC(c1ccccc1)c1ccccc1. The molecule has 134 valence electrons. The van der Waals surface area contributed by atoms with E-state index in [4.69, 9.17) is 12.2 Å². The minimum absolute atomic E-state index is 0.0995. The zero-order valence-electron chi connectivity index (χ0n) is 14.7. The molecule has 0 aliphatic heterocycles. The Balaban J connectivity index is 1.83. The first kappa shape index (κ1) is 18.1. The number of carbonyl (C=O) groups excluding carboxylic acids is 1. The predicted octanol–water partition coefficient (Wildman–Crippen LogP) is 3.80. The zero-order chi connectivity index (χ0) is 18.4. The van der Waals surface area contributed by atoms with Gasteiger partial charge in [0.1, 0.15) is 12.4 Å². The summed E-state index contributed by atoms with van der Waals surface area (Å²) in [4.78, 5) is 12.8. The van der Waals surface area contributed by atoms with Gasteiger partial charge in [-0.3, -0.25) is 14.5 Å². The molecule has 3 rings (SSSR count). The first-order valence-corrected chi connectivity index (χ1v) is 9.13. The van der Waals surface area contributed by atoms with Crippen molar-refractivity contribution in [3.8, 4) is 0 Å². The molecule has 0 saturated heterocycles. The summed E-state index contributed by atoms with van der Waals surface area (Å²) >= 11 is 5.27. The lowest BCUT2D eigenvalue weighted by atomic mass is 9.99. The van der Waals surface area contributed by atoms with Crippen molar-refractivity contribution in [2.24, 2.45) is 0 Å². The van der Waals surface area contributed by atoms with E-state index < -0.39 is 0 Å². The van der Waals surface area contributed by atoms with Gasteiger partial charge < -0.3 is 5.32 Å². The molecule has 0 spiro atoms. The standard InChI is InChI=1S/C20H22N4OS/c1-2-9-17-22-23-20(26)24(17)14-18(25)21-19(15-10-5-3-6-11-15)16-12-7-4-8-13-16/h3-8,10-13,19H,2,9,14H2,1H3,(H,21,25)(H,23,26). The maximum Gasteiger partial charge on any atom is 0.240 e. The van der Waals surface area contributed by atoms with E-state index in [2.05, 4.69) is 22.4 Å². The molecule has 2 aromatic carbocycles. The number of hydrogen-bond donors (Lipinski definition) is 2. The summed E-state index contributed by atoms with van der Waals surface area (Å²) in [5.41, 5.74) is 2.08. The van der Waals surface area contributed by atoms with Crippen molar-refractivity contribution >= 4 is 18.1 Å². The minimum Gasteiger partial charge on any atom is -0.344 e. The summed E-state index contributed by atoms with van der Waals surface area (Å²) < 4.78 is 2.24. The number of aryl methyl sites for hydroxylation is 1. The Kier molecular flexibility index (Phi) is 5.96. The molecule has 0 aliphatic carbocycles. The molecule has 0 bridgehead atoms. The topological polar surface area (TPSA) is 62.7 Å². The average Bonchev–Trinajstić information content (AvgIpc) is 3.01. The van der Waals surface area contributed by atoms with Gasteiger partial charge in [0, 0.05) is 6.42 Å². The molecule has 0 unspecified atom stereocenters. The molecule has 0 radical (unpaired) electrons. The van der Waals surface area contributed by atoms with Crippen LogP contribution in [0.25, 0.3) is 0 Å². The number of aromatic amines is 1. The van der Waals surface area contributed by atoms with Gasteiger partial charge in [0.05, 0.1) is 6.04 Å². The summed E-state index contributed by atoms with van der Waals surface area (Å²) in [7, 11) is 0. The zero-order valence-corrected chi connectivity index (χ0v) is 15.5. The van der Waals surface area contributed by atoms with Gasteiger partial charge in [-0.2, -0.15) is 5.10 Å². The fourth-order valence-electron chi connectivity index (χ4n) is 2.93. The molecule has 6 heteroatoms. The van der Waals surface area contributed by atoms with E-state index in [1.165, 1.54) is 0 Å². The lowest BCUT2D eigenvalue weighted by Crippen LogP contribution is -2.32. The monoisotopic (exact) mass is 366 g/mol. The molecule has 26 heavy (non-hydrogen) atoms. The average molecular weight is 366 g/mol. The second-order valence-corrected chi connectivity index (χ2v) is 6.49. The summed E-state index contributed by atoms with van der Waals surface area (Å²) in [5.74, 6) is 0.709. The second kappa shape index (κ2) is 8.58. The van der Waals surface area contributed by atoms with Crippen LogP contribution in [0.5, 0.6) is 0 Å². The Labute approximate surface area is 158 Å². The summed E-state index contributed by atoms with van der Waals surface area (Å²) in [6.07, 6.45) is 1.72. The van der Waals surface area contributed by atoms with Gasteiger partial charge >= 0.3 is 0 Å². The van der Waals surface area contributed by atoms with Gasteiger partial charge in [-0.15, -0.1) is 0 Å². The number of nitrogens with one attached hydrogen (secondary N) is 2. The summed E-state index contributed by atoms with van der Waals surface area (Å²) in [6, 6.07) is 19.7. The van der Waals surface area contributed by atoms with Crippen molar-refractivity contribution in [3.63, 3.8) is 0 Å². The lowest BCUT2D eigenvalue weighted by Gasteiger charge is -2.20. The highest BCUT2D eigenvalue weighted by Gasteiger charge is 2.18. The van der Waals surface area contributed by atoms with Crippen LogP contribution in [0.15, 0.2) is 60.7 Å². The largest absolute Gasteiger partial charge is 0.344 e. The quantitative estimate of drug-likeness (QED) is 0.625. The number of nitrogens with zero attached hydrogens (tertiary/aromatic N) is 2. The third kappa shape index (κ3) is 4.26. The number of rotatable bonds is 7. The molecular formula is C20H22N4OS. The van der Waals surface area contributed by atoms with Crippen LogP contribution in [0.2, 0.25) is 0 Å². The van der Waals surface area contributed by atoms with Gasteiger partial charge in [-0.25, -0.2) is 0 Å². The van der Waals surface area contributed by atoms with Crippen molar-refractivity contribution in [1.82, 2.24) is 20.1 Å². The molecule has 5 nitrogen and oxygen atoms in total. The van der Waals surface area contributed by atoms with E-state index in [1.807, 2.05) is 60.7 Å². The minimum atomic E-state index is -0.208. The van der Waals surface area contributed by atoms with E-state index in [0.717, 1.165) is 29.8 Å². The Morgan fingerprint density at radius 1 is 1.12 bits per heavy atom.